The zero-order valence-electron chi connectivity index (χ0n) is 14.8. The van der Waals surface area contributed by atoms with Gasteiger partial charge in [0, 0.05) is 29.8 Å². The van der Waals surface area contributed by atoms with E-state index in [1.807, 2.05) is 0 Å². The van der Waals surface area contributed by atoms with Crippen LogP contribution in [0.1, 0.15) is 34.3 Å². The Balaban J connectivity index is 1.61. The minimum Gasteiger partial charge on any atom is -0.341 e. The number of amides is 2. The van der Waals surface area contributed by atoms with Crippen molar-refractivity contribution >= 4 is 17.5 Å². The van der Waals surface area contributed by atoms with Crippen molar-refractivity contribution < 1.29 is 22.8 Å². The Labute approximate surface area is 160 Å². The number of hydrogen-bond acceptors (Lipinski definition) is 2. The standard InChI is InChI=1S/C21H17F3N2O2/c22-21(23,24)17-8-1-5-15(13-17)6-3-11-25-20(28)16-7-2-9-18(14-16)26-12-4-10-19(26)27/h1-2,5,7-9,13-14H,4,10-12H2,(H,25,28). The predicted molar refractivity (Wildman–Crippen MR) is 98.7 cm³/mol. The number of benzene rings is 2. The van der Waals surface area contributed by atoms with Crippen LogP contribution >= 0.6 is 0 Å². The molecule has 0 bridgehead atoms. The Morgan fingerprint density at radius 2 is 1.93 bits per heavy atom. The van der Waals surface area contributed by atoms with Crippen LogP contribution in [-0.2, 0) is 11.0 Å². The zero-order chi connectivity index (χ0) is 20.1. The van der Waals surface area contributed by atoms with Gasteiger partial charge in [0.05, 0.1) is 12.1 Å². The van der Waals surface area contributed by atoms with Crippen LogP contribution in [0.2, 0.25) is 0 Å². The highest BCUT2D eigenvalue weighted by molar-refractivity contribution is 5.99. The number of rotatable bonds is 3. The maximum atomic E-state index is 12.7. The van der Waals surface area contributed by atoms with Gasteiger partial charge < -0.3 is 10.2 Å². The normalized spacial score (nSPS) is 13.8. The summed E-state index contributed by atoms with van der Waals surface area (Å²) in [5.41, 5.74) is 0.512. The summed E-state index contributed by atoms with van der Waals surface area (Å²) < 4.78 is 38.1. The molecule has 1 N–H and O–H groups in total. The van der Waals surface area contributed by atoms with Crippen molar-refractivity contribution in [3.8, 4) is 11.8 Å². The second-order valence-electron chi connectivity index (χ2n) is 6.26. The van der Waals surface area contributed by atoms with Gasteiger partial charge >= 0.3 is 6.18 Å². The van der Waals surface area contributed by atoms with E-state index in [0.29, 0.717) is 24.2 Å². The maximum Gasteiger partial charge on any atom is 0.416 e. The number of nitrogens with one attached hydrogen (secondary N) is 1. The minimum atomic E-state index is -4.42. The predicted octanol–water partition coefficient (Wildman–Crippen LogP) is 3.61. The van der Waals surface area contributed by atoms with Crippen LogP contribution in [0, 0.1) is 11.8 Å². The summed E-state index contributed by atoms with van der Waals surface area (Å²) in [5.74, 6) is 4.92. The van der Waals surface area contributed by atoms with E-state index in [9.17, 15) is 22.8 Å². The third-order valence-electron chi connectivity index (χ3n) is 4.25. The molecule has 0 saturated carbocycles. The van der Waals surface area contributed by atoms with E-state index in [0.717, 1.165) is 18.6 Å². The number of nitrogens with zero attached hydrogens (tertiary/aromatic N) is 1. The van der Waals surface area contributed by atoms with E-state index >= 15 is 0 Å². The SMILES string of the molecule is O=C(NCC#Cc1cccc(C(F)(F)F)c1)c1cccc(N2CCCC2=O)c1. The van der Waals surface area contributed by atoms with Crippen molar-refractivity contribution in [1.29, 1.82) is 0 Å². The van der Waals surface area contributed by atoms with E-state index in [4.69, 9.17) is 0 Å². The molecule has 2 aromatic rings. The first-order chi connectivity index (χ1) is 13.3. The van der Waals surface area contributed by atoms with Gasteiger partial charge in [-0.25, -0.2) is 0 Å². The fraction of sp³-hybridized carbons (Fsp3) is 0.238. The van der Waals surface area contributed by atoms with Gasteiger partial charge in [0.2, 0.25) is 5.91 Å². The quantitative estimate of drug-likeness (QED) is 0.820. The molecule has 144 valence electrons. The molecule has 0 spiro atoms. The molecule has 0 aliphatic carbocycles. The fourth-order valence-electron chi connectivity index (χ4n) is 2.88. The molecule has 2 amide bonds. The Morgan fingerprint density at radius 1 is 1.14 bits per heavy atom. The maximum absolute atomic E-state index is 12.7. The lowest BCUT2D eigenvalue weighted by Gasteiger charge is -2.16. The van der Waals surface area contributed by atoms with Crippen molar-refractivity contribution in [3.63, 3.8) is 0 Å². The smallest absolute Gasteiger partial charge is 0.341 e. The Morgan fingerprint density at radius 3 is 2.64 bits per heavy atom. The first-order valence-electron chi connectivity index (χ1n) is 8.69. The first kappa shape index (κ1) is 19.5. The summed E-state index contributed by atoms with van der Waals surface area (Å²) in [6.07, 6.45) is -3.13. The van der Waals surface area contributed by atoms with Gasteiger partial charge in [-0.1, -0.05) is 24.0 Å². The van der Waals surface area contributed by atoms with Crippen LogP contribution in [0.3, 0.4) is 0 Å². The molecule has 1 aliphatic rings. The highest BCUT2D eigenvalue weighted by Gasteiger charge is 2.30. The number of alkyl halides is 3. The highest BCUT2D eigenvalue weighted by atomic mass is 19.4. The Hall–Kier alpha value is -3.27. The lowest BCUT2D eigenvalue weighted by Crippen LogP contribution is -2.26. The summed E-state index contributed by atoms with van der Waals surface area (Å²) in [5, 5.41) is 2.60. The third kappa shape index (κ3) is 4.71. The Kier molecular flexibility index (Phi) is 5.69. The number of hydrogen-bond donors (Lipinski definition) is 1. The van der Waals surface area contributed by atoms with Crippen LogP contribution in [0.5, 0.6) is 0 Å². The average Bonchev–Trinajstić information content (AvgIpc) is 3.11. The fourth-order valence-corrected chi connectivity index (χ4v) is 2.88. The Bertz CT molecular complexity index is 958. The largest absolute Gasteiger partial charge is 0.416 e. The summed E-state index contributed by atoms with van der Waals surface area (Å²) >= 11 is 0. The van der Waals surface area contributed by atoms with Crippen LogP contribution in [0.15, 0.2) is 48.5 Å². The molecule has 0 radical (unpaired) electrons. The molecule has 0 aromatic heterocycles. The van der Waals surface area contributed by atoms with Gasteiger partial charge in [0.15, 0.2) is 0 Å². The molecule has 7 heteroatoms. The second-order valence-corrected chi connectivity index (χ2v) is 6.26. The zero-order valence-corrected chi connectivity index (χ0v) is 14.8. The van der Waals surface area contributed by atoms with Crippen LogP contribution in [0.4, 0.5) is 18.9 Å². The molecule has 0 unspecified atom stereocenters. The van der Waals surface area contributed by atoms with E-state index in [-0.39, 0.29) is 23.9 Å². The van der Waals surface area contributed by atoms with Crippen LogP contribution in [-0.4, -0.2) is 24.9 Å². The van der Waals surface area contributed by atoms with Crippen molar-refractivity contribution in [3.05, 3.63) is 65.2 Å². The van der Waals surface area contributed by atoms with Gasteiger partial charge in [0.25, 0.3) is 5.91 Å². The topological polar surface area (TPSA) is 49.4 Å². The number of carbonyl (C=O) groups is 2. The van der Waals surface area contributed by atoms with Crippen LogP contribution < -0.4 is 10.2 Å². The monoisotopic (exact) mass is 386 g/mol. The number of carbonyl (C=O) groups excluding carboxylic acids is 2. The molecule has 1 aliphatic heterocycles. The van der Waals surface area contributed by atoms with E-state index in [1.165, 1.54) is 12.1 Å². The second kappa shape index (κ2) is 8.17. The van der Waals surface area contributed by atoms with Crippen molar-refractivity contribution in [2.24, 2.45) is 0 Å². The molecule has 1 saturated heterocycles. The summed E-state index contributed by atoms with van der Waals surface area (Å²) in [4.78, 5) is 25.7. The van der Waals surface area contributed by atoms with Crippen molar-refractivity contribution in [2.45, 2.75) is 19.0 Å². The van der Waals surface area contributed by atoms with E-state index < -0.39 is 11.7 Å². The third-order valence-corrected chi connectivity index (χ3v) is 4.25. The molecule has 3 rings (SSSR count). The van der Waals surface area contributed by atoms with Gasteiger partial charge in [-0.15, -0.1) is 0 Å². The molecular formula is C21H17F3N2O2. The highest BCUT2D eigenvalue weighted by Crippen LogP contribution is 2.29. The number of anilines is 1. The number of halogens is 3. The van der Waals surface area contributed by atoms with Crippen LogP contribution in [0.25, 0.3) is 0 Å². The first-order valence-corrected chi connectivity index (χ1v) is 8.69. The van der Waals surface area contributed by atoms with Gasteiger partial charge in [-0.05, 0) is 42.8 Å². The van der Waals surface area contributed by atoms with E-state index in [2.05, 4.69) is 17.2 Å². The molecule has 0 atom stereocenters. The molecule has 28 heavy (non-hydrogen) atoms. The lowest BCUT2D eigenvalue weighted by atomic mass is 10.1. The molecular weight excluding hydrogens is 369 g/mol. The molecule has 2 aromatic carbocycles. The molecule has 4 nitrogen and oxygen atoms in total. The lowest BCUT2D eigenvalue weighted by molar-refractivity contribution is -0.137. The molecule has 1 heterocycles. The van der Waals surface area contributed by atoms with E-state index in [1.54, 1.807) is 29.2 Å². The summed E-state index contributed by atoms with van der Waals surface area (Å²) in [7, 11) is 0. The van der Waals surface area contributed by atoms with Gasteiger partial charge in [0.1, 0.15) is 0 Å². The van der Waals surface area contributed by atoms with Crippen molar-refractivity contribution in [2.75, 3.05) is 18.0 Å². The summed E-state index contributed by atoms with van der Waals surface area (Å²) in [6, 6.07) is 11.4. The molecule has 1 fully saturated rings. The van der Waals surface area contributed by atoms with Gasteiger partial charge in [-0.3, -0.25) is 9.59 Å². The van der Waals surface area contributed by atoms with Gasteiger partial charge in [-0.2, -0.15) is 13.2 Å². The summed E-state index contributed by atoms with van der Waals surface area (Å²) in [6.45, 7) is 0.619. The minimum absolute atomic E-state index is 0.0120. The average molecular weight is 386 g/mol. The van der Waals surface area contributed by atoms with Crippen molar-refractivity contribution in [1.82, 2.24) is 5.32 Å².